The van der Waals surface area contributed by atoms with Crippen molar-refractivity contribution in [2.24, 2.45) is 0 Å². The van der Waals surface area contributed by atoms with Crippen LogP contribution in [0.1, 0.15) is 26.7 Å². The van der Waals surface area contributed by atoms with Crippen molar-refractivity contribution in [2.75, 3.05) is 40.3 Å². The summed E-state index contributed by atoms with van der Waals surface area (Å²) >= 11 is 5.38. The van der Waals surface area contributed by atoms with Crippen LogP contribution in [0.3, 0.4) is 0 Å². The zero-order valence-electron chi connectivity index (χ0n) is 11.7. The molecule has 0 aliphatic carbocycles. The summed E-state index contributed by atoms with van der Waals surface area (Å²) in [4.78, 5) is 6.01. The van der Waals surface area contributed by atoms with Crippen molar-refractivity contribution in [1.29, 1.82) is 0 Å². The number of hydrogen-bond acceptors (Lipinski definition) is 4. The molecule has 0 saturated carbocycles. The van der Waals surface area contributed by atoms with E-state index in [1.165, 1.54) is 4.86 Å². The van der Waals surface area contributed by atoms with E-state index in [2.05, 4.69) is 43.1 Å². The molecule has 1 unspecified atom stereocenters. The Morgan fingerprint density at radius 2 is 2.00 bits per heavy atom. The third kappa shape index (κ3) is 5.42. The average Bonchev–Trinajstić information content (AvgIpc) is 2.63. The van der Waals surface area contributed by atoms with Gasteiger partial charge in [0.1, 0.15) is 0 Å². The zero-order valence-corrected chi connectivity index (χ0v) is 12.5. The van der Waals surface area contributed by atoms with E-state index in [1.54, 1.807) is 0 Å². The SMILES string of the molecule is CC(C)N(CCC1NCCC1=S)CCN(C)C. The Hall–Kier alpha value is -0.0300. The Labute approximate surface area is 112 Å². The maximum absolute atomic E-state index is 5.38. The molecule has 1 fully saturated rings. The highest BCUT2D eigenvalue weighted by Gasteiger charge is 2.21. The largest absolute Gasteiger partial charge is 0.309 e. The van der Waals surface area contributed by atoms with Crippen molar-refractivity contribution in [2.45, 2.75) is 38.8 Å². The first-order chi connectivity index (χ1) is 8.00. The molecule has 0 aromatic carbocycles. The van der Waals surface area contributed by atoms with Crippen LogP contribution in [-0.2, 0) is 0 Å². The monoisotopic (exact) mass is 257 g/mol. The minimum atomic E-state index is 0.477. The molecule has 0 aromatic rings. The molecule has 1 atom stereocenters. The van der Waals surface area contributed by atoms with E-state index < -0.39 is 0 Å². The molecule has 1 N–H and O–H groups in total. The molecule has 17 heavy (non-hydrogen) atoms. The first-order valence-electron chi connectivity index (χ1n) is 6.65. The lowest BCUT2D eigenvalue weighted by Crippen LogP contribution is -2.40. The van der Waals surface area contributed by atoms with Crippen LogP contribution in [0.15, 0.2) is 0 Å². The van der Waals surface area contributed by atoms with Crippen molar-refractivity contribution in [3.63, 3.8) is 0 Å². The fourth-order valence-corrected chi connectivity index (χ4v) is 2.48. The third-order valence-electron chi connectivity index (χ3n) is 3.42. The van der Waals surface area contributed by atoms with Crippen LogP contribution in [0.5, 0.6) is 0 Å². The Bertz CT molecular complexity index is 241. The molecule has 100 valence electrons. The lowest BCUT2D eigenvalue weighted by molar-refractivity contribution is 0.195. The Morgan fingerprint density at radius 3 is 2.47 bits per heavy atom. The van der Waals surface area contributed by atoms with Gasteiger partial charge in [-0.1, -0.05) is 12.2 Å². The summed E-state index contributed by atoms with van der Waals surface area (Å²) in [5, 5.41) is 3.49. The lowest BCUT2D eigenvalue weighted by Gasteiger charge is -2.28. The highest BCUT2D eigenvalue weighted by atomic mass is 32.1. The van der Waals surface area contributed by atoms with E-state index in [9.17, 15) is 0 Å². The van der Waals surface area contributed by atoms with Crippen molar-refractivity contribution in [3.05, 3.63) is 0 Å². The van der Waals surface area contributed by atoms with Crippen molar-refractivity contribution in [1.82, 2.24) is 15.1 Å². The molecule has 1 saturated heterocycles. The first-order valence-corrected chi connectivity index (χ1v) is 7.06. The molecule has 3 nitrogen and oxygen atoms in total. The molecule has 0 bridgehead atoms. The van der Waals surface area contributed by atoms with Gasteiger partial charge in [0.25, 0.3) is 0 Å². The molecular weight excluding hydrogens is 230 g/mol. The first kappa shape index (κ1) is 15.0. The van der Waals surface area contributed by atoms with Gasteiger partial charge in [0.2, 0.25) is 0 Å². The smallest absolute Gasteiger partial charge is 0.0396 e. The minimum Gasteiger partial charge on any atom is -0.309 e. The van der Waals surface area contributed by atoms with Gasteiger partial charge in [-0.25, -0.2) is 0 Å². The fraction of sp³-hybridized carbons (Fsp3) is 0.923. The predicted octanol–water partition coefficient (Wildman–Crippen LogP) is 1.38. The second-order valence-electron chi connectivity index (χ2n) is 5.44. The van der Waals surface area contributed by atoms with Crippen LogP contribution < -0.4 is 5.32 Å². The van der Waals surface area contributed by atoms with Gasteiger partial charge < -0.3 is 10.2 Å². The topological polar surface area (TPSA) is 18.5 Å². The van der Waals surface area contributed by atoms with Gasteiger partial charge in [-0.05, 0) is 40.8 Å². The quantitative estimate of drug-likeness (QED) is 0.694. The molecule has 0 radical (unpaired) electrons. The highest BCUT2D eigenvalue weighted by molar-refractivity contribution is 7.80. The van der Waals surface area contributed by atoms with Crippen LogP contribution in [0.25, 0.3) is 0 Å². The Kier molecular flexibility index (Phi) is 6.55. The summed E-state index contributed by atoms with van der Waals surface area (Å²) in [5.41, 5.74) is 0. The lowest BCUT2D eigenvalue weighted by atomic mass is 10.1. The molecule has 1 heterocycles. The Balaban J connectivity index is 2.31. The van der Waals surface area contributed by atoms with E-state index in [0.717, 1.165) is 39.0 Å². The summed E-state index contributed by atoms with van der Waals surface area (Å²) in [6.45, 7) is 9.03. The summed E-state index contributed by atoms with van der Waals surface area (Å²) < 4.78 is 0. The van der Waals surface area contributed by atoms with E-state index in [1.807, 2.05) is 0 Å². The van der Waals surface area contributed by atoms with Crippen LogP contribution >= 0.6 is 12.2 Å². The Morgan fingerprint density at radius 1 is 1.29 bits per heavy atom. The zero-order chi connectivity index (χ0) is 12.8. The summed E-state index contributed by atoms with van der Waals surface area (Å²) in [6.07, 6.45) is 2.24. The normalized spacial score (nSPS) is 21.1. The molecule has 1 aliphatic heterocycles. The van der Waals surface area contributed by atoms with E-state index in [-0.39, 0.29) is 0 Å². The number of hydrogen-bond donors (Lipinski definition) is 1. The van der Waals surface area contributed by atoms with Crippen molar-refractivity contribution < 1.29 is 0 Å². The van der Waals surface area contributed by atoms with Crippen LogP contribution in [-0.4, -0.2) is 67.0 Å². The molecular formula is C13H27N3S. The average molecular weight is 257 g/mol. The maximum atomic E-state index is 5.38. The number of rotatable bonds is 7. The number of nitrogens with zero attached hydrogens (tertiary/aromatic N) is 2. The van der Waals surface area contributed by atoms with Gasteiger partial charge in [-0.3, -0.25) is 4.90 Å². The van der Waals surface area contributed by atoms with Gasteiger partial charge >= 0.3 is 0 Å². The molecule has 1 aliphatic rings. The number of thiocarbonyl (C=S) groups is 1. The van der Waals surface area contributed by atoms with Crippen molar-refractivity contribution >= 4 is 17.1 Å². The van der Waals surface area contributed by atoms with E-state index in [4.69, 9.17) is 12.2 Å². The van der Waals surface area contributed by atoms with Crippen LogP contribution in [0.4, 0.5) is 0 Å². The summed E-state index contributed by atoms with van der Waals surface area (Å²) in [6, 6.07) is 1.09. The van der Waals surface area contributed by atoms with Crippen LogP contribution in [0.2, 0.25) is 0 Å². The van der Waals surface area contributed by atoms with Gasteiger partial charge in [0.05, 0.1) is 0 Å². The second-order valence-corrected chi connectivity index (χ2v) is 5.97. The summed E-state index contributed by atoms with van der Waals surface area (Å²) in [7, 11) is 4.26. The number of nitrogens with one attached hydrogen (secondary N) is 1. The fourth-order valence-electron chi connectivity index (χ4n) is 2.17. The van der Waals surface area contributed by atoms with Gasteiger partial charge in [-0.2, -0.15) is 0 Å². The van der Waals surface area contributed by atoms with E-state index >= 15 is 0 Å². The predicted molar refractivity (Wildman–Crippen MR) is 78.9 cm³/mol. The van der Waals surface area contributed by atoms with Crippen LogP contribution in [0, 0.1) is 0 Å². The highest BCUT2D eigenvalue weighted by Crippen LogP contribution is 2.09. The van der Waals surface area contributed by atoms with Gasteiger partial charge in [-0.15, -0.1) is 0 Å². The minimum absolute atomic E-state index is 0.477. The molecule has 1 rings (SSSR count). The third-order valence-corrected chi connectivity index (χ3v) is 3.91. The van der Waals surface area contributed by atoms with E-state index in [0.29, 0.717) is 12.1 Å². The van der Waals surface area contributed by atoms with Gasteiger partial charge in [0.15, 0.2) is 0 Å². The second kappa shape index (κ2) is 7.41. The van der Waals surface area contributed by atoms with Crippen molar-refractivity contribution in [3.8, 4) is 0 Å². The standard InChI is InChI=1S/C13H27N3S/c1-11(2)16(10-9-15(3)4)8-6-12-13(17)5-7-14-12/h11-12,14H,5-10H2,1-4H3. The number of likely N-dealkylation sites (N-methyl/N-ethyl adjacent to an activating group) is 1. The molecule has 0 amide bonds. The van der Waals surface area contributed by atoms with Gasteiger partial charge in [0, 0.05) is 43.1 Å². The summed E-state index contributed by atoms with van der Waals surface area (Å²) in [5.74, 6) is 0. The molecule has 4 heteroatoms. The molecule has 0 spiro atoms. The maximum Gasteiger partial charge on any atom is 0.0396 e. The molecule has 0 aromatic heterocycles.